The Labute approximate surface area is 212 Å². The molecule has 178 valence electrons. The first-order chi connectivity index (χ1) is 17.6. The topological polar surface area (TPSA) is 117 Å². The highest BCUT2D eigenvalue weighted by molar-refractivity contribution is 7.99. The highest BCUT2D eigenvalue weighted by Gasteiger charge is 2.33. The van der Waals surface area contributed by atoms with Gasteiger partial charge in [-0.05, 0) is 40.1 Å². The number of hydrogen-bond donors (Lipinski definition) is 1. The molecule has 1 atom stereocenters. The maximum Gasteiger partial charge on any atom is 0.253 e. The molecule has 0 bridgehead atoms. The number of nitrogens with two attached hydrogens (primary N) is 1. The molecule has 8 nitrogen and oxygen atoms in total. The van der Waals surface area contributed by atoms with Gasteiger partial charge < -0.3 is 10.5 Å². The zero-order valence-electron chi connectivity index (χ0n) is 19.5. The van der Waals surface area contributed by atoms with E-state index < -0.39 is 0 Å². The molecule has 4 aromatic rings. The van der Waals surface area contributed by atoms with Crippen LogP contribution in [-0.4, -0.2) is 39.5 Å². The average Bonchev–Trinajstić information content (AvgIpc) is 3.37. The minimum Gasteiger partial charge on any atom is -0.497 e. The molecule has 0 saturated heterocycles. The van der Waals surface area contributed by atoms with E-state index in [9.17, 15) is 4.79 Å². The normalized spacial score (nSPS) is 14.9. The van der Waals surface area contributed by atoms with Crippen molar-refractivity contribution in [3.63, 3.8) is 0 Å². The smallest absolute Gasteiger partial charge is 0.253 e. The lowest BCUT2D eigenvalue weighted by Crippen LogP contribution is -2.28. The highest BCUT2D eigenvalue weighted by Crippen LogP contribution is 2.35. The van der Waals surface area contributed by atoms with Gasteiger partial charge in [-0.25, -0.2) is 15.0 Å². The second-order valence-corrected chi connectivity index (χ2v) is 9.13. The van der Waals surface area contributed by atoms with E-state index >= 15 is 0 Å². The van der Waals surface area contributed by atoms with Crippen LogP contribution in [0.2, 0.25) is 0 Å². The molecular weight excluding hydrogens is 472 g/mol. The number of fused-ring (bicyclic) bond motifs is 1. The number of carbonyl (C=O) groups excluding carboxylic acids is 1. The minimum atomic E-state index is -0.252. The lowest BCUT2D eigenvalue weighted by atomic mass is 9.97. The van der Waals surface area contributed by atoms with E-state index in [1.807, 2.05) is 48.5 Å². The molecule has 0 spiro atoms. The number of hydrogen-bond acceptors (Lipinski definition) is 8. The summed E-state index contributed by atoms with van der Waals surface area (Å²) in [5.41, 5.74) is 8.79. The Hall–Kier alpha value is -4.42. The van der Waals surface area contributed by atoms with Gasteiger partial charge in [0, 0.05) is 6.42 Å². The van der Waals surface area contributed by atoms with Crippen molar-refractivity contribution in [1.82, 2.24) is 15.0 Å². The first-order valence-electron chi connectivity index (χ1n) is 11.2. The van der Waals surface area contributed by atoms with Crippen molar-refractivity contribution < 1.29 is 9.53 Å². The summed E-state index contributed by atoms with van der Waals surface area (Å²) in [6.45, 7) is 0. The number of anilines is 1. The molecule has 9 heteroatoms. The Kier molecular flexibility index (Phi) is 6.52. The van der Waals surface area contributed by atoms with E-state index in [0.29, 0.717) is 11.6 Å². The zero-order chi connectivity index (χ0) is 25.1. The van der Waals surface area contributed by atoms with E-state index in [2.05, 4.69) is 34.2 Å². The molecule has 5 rings (SSSR count). The van der Waals surface area contributed by atoms with Gasteiger partial charge in [0.25, 0.3) is 5.91 Å². The van der Waals surface area contributed by atoms with Gasteiger partial charge in [-0.1, -0.05) is 60.3 Å². The van der Waals surface area contributed by atoms with Crippen LogP contribution in [0.5, 0.6) is 5.75 Å². The summed E-state index contributed by atoms with van der Waals surface area (Å²) >= 11 is 1.16. The predicted octanol–water partition coefficient (Wildman–Crippen LogP) is 4.56. The molecule has 2 heterocycles. The third-order valence-corrected chi connectivity index (χ3v) is 6.84. The Bertz CT molecular complexity index is 1510. The average molecular weight is 495 g/mol. The van der Waals surface area contributed by atoms with Gasteiger partial charge in [-0.2, -0.15) is 10.4 Å². The van der Waals surface area contributed by atoms with Gasteiger partial charge in [0.05, 0.1) is 30.8 Å². The predicted molar refractivity (Wildman–Crippen MR) is 140 cm³/mol. The summed E-state index contributed by atoms with van der Waals surface area (Å²) in [4.78, 5) is 21.6. The van der Waals surface area contributed by atoms with Crippen molar-refractivity contribution in [2.75, 3.05) is 18.6 Å². The van der Waals surface area contributed by atoms with E-state index in [4.69, 9.17) is 20.8 Å². The Morgan fingerprint density at radius 2 is 1.94 bits per heavy atom. The first kappa shape index (κ1) is 23.3. The molecule has 1 aromatic heterocycles. The number of ether oxygens (including phenoxy) is 1. The third-order valence-electron chi connectivity index (χ3n) is 5.99. The molecule has 3 aromatic carbocycles. The quantitative estimate of drug-likeness (QED) is 0.308. The maximum absolute atomic E-state index is 13.4. The molecule has 0 aliphatic carbocycles. The Morgan fingerprint density at radius 3 is 2.67 bits per heavy atom. The van der Waals surface area contributed by atoms with Crippen molar-refractivity contribution in [2.45, 2.75) is 17.6 Å². The molecule has 0 unspecified atom stereocenters. The fourth-order valence-electron chi connectivity index (χ4n) is 4.10. The van der Waals surface area contributed by atoms with Crippen LogP contribution in [0.1, 0.15) is 29.2 Å². The number of amides is 1. The fourth-order valence-corrected chi connectivity index (χ4v) is 4.77. The van der Waals surface area contributed by atoms with Crippen LogP contribution in [0.3, 0.4) is 0 Å². The zero-order valence-corrected chi connectivity index (χ0v) is 20.3. The number of methoxy groups -OCH3 is 1. The van der Waals surface area contributed by atoms with Gasteiger partial charge >= 0.3 is 0 Å². The minimum absolute atomic E-state index is 0.0759. The van der Waals surface area contributed by atoms with Crippen LogP contribution in [0.25, 0.3) is 10.8 Å². The van der Waals surface area contributed by atoms with Crippen molar-refractivity contribution in [3.05, 3.63) is 89.6 Å². The monoisotopic (exact) mass is 494 g/mol. The van der Waals surface area contributed by atoms with Crippen molar-refractivity contribution >= 4 is 40.0 Å². The van der Waals surface area contributed by atoms with Crippen molar-refractivity contribution in [3.8, 4) is 11.8 Å². The van der Waals surface area contributed by atoms with Gasteiger partial charge in [-0.3, -0.25) is 4.79 Å². The number of nitriles is 1. The SMILES string of the molecule is COc1ccc([C@@H]2CC(c3ccc4ccccc4c3)=NN2C(=O)CSc2ncc(C#N)c(N)n2)cc1. The number of hydrazone groups is 1. The van der Waals surface area contributed by atoms with Crippen molar-refractivity contribution in [1.29, 1.82) is 5.26 Å². The number of nitrogen functional groups attached to an aromatic ring is 1. The summed E-state index contributed by atoms with van der Waals surface area (Å²) in [6.07, 6.45) is 1.95. The third kappa shape index (κ3) is 4.72. The van der Waals surface area contributed by atoms with Crippen LogP contribution in [-0.2, 0) is 4.79 Å². The number of rotatable bonds is 6. The van der Waals surface area contributed by atoms with E-state index in [0.717, 1.165) is 45.1 Å². The lowest BCUT2D eigenvalue weighted by Gasteiger charge is -2.22. The molecule has 0 fully saturated rings. The molecule has 1 amide bonds. The number of benzene rings is 3. The van der Waals surface area contributed by atoms with Crippen LogP contribution in [0, 0.1) is 11.3 Å². The highest BCUT2D eigenvalue weighted by atomic mass is 32.2. The molecule has 1 aliphatic rings. The Morgan fingerprint density at radius 1 is 1.17 bits per heavy atom. The van der Waals surface area contributed by atoms with Crippen LogP contribution >= 0.6 is 11.8 Å². The number of thioether (sulfide) groups is 1. The van der Waals surface area contributed by atoms with Gasteiger partial charge in [0.2, 0.25) is 0 Å². The lowest BCUT2D eigenvalue weighted by molar-refractivity contribution is -0.130. The summed E-state index contributed by atoms with van der Waals surface area (Å²) in [6, 6.07) is 23.7. The fraction of sp³-hybridized carbons (Fsp3) is 0.148. The number of aromatic nitrogens is 2. The van der Waals surface area contributed by atoms with E-state index in [-0.39, 0.29) is 29.1 Å². The number of nitrogens with zero attached hydrogens (tertiary/aromatic N) is 5. The molecule has 0 saturated carbocycles. The van der Waals surface area contributed by atoms with E-state index in [1.54, 1.807) is 12.1 Å². The molecular formula is C27H22N6O2S. The second-order valence-electron chi connectivity index (χ2n) is 8.19. The van der Waals surface area contributed by atoms with Crippen LogP contribution in [0.15, 0.2) is 83.2 Å². The van der Waals surface area contributed by atoms with Crippen LogP contribution in [0.4, 0.5) is 5.82 Å². The summed E-state index contributed by atoms with van der Waals surface area (Å²) in [5, 5.41) is 17.9. The second kappa shape index (κ2) is 10.1. The molecule has 1 aliphatic heterocycles. The van der Waals surface area contributed by atoms with Gasteiger partial charge in [0.15, 0.2) is 5.16 Å². The molecule has 0 radical (unpaired) electrons. The van der Waals surface area contributed by atoms with Gasteiger partial charge in [0.1, 0.15) is 23.2 Å². The van der Waals surface area contributed by atoms with Crippen LogP contribution < -0.4 is 10.5 Å². The maximum atomic E-state index is 13.4. The summed E-state index contributed by atoms with van der Waals surface area (Å²) in [7, 11) is 1.62. The standard InChI is InChI=1S/C27H22N6O2S/c1-35-22-10-8-18(9-11-22)24-13-23(20-7-6-17-4-2-3-5-19(17)12-20)32-33(24)25(34)16-36-27-30-15-21(14-28)26(29)31-27/h2-12,15,24H,13,16H2,1H3,(H2,29,30,31)/t24-/m0/s1. The largest absolute Gasteiger partial charge is 0.497 e. The van der Waals surface area contributed by atoms with E-state index in [1.165, 1.54) is 6.20 Å². The Balaban J connectivity index is 1.42. The number of carbonyl (C=O) groups is 1. The summed E-state index contributed by atoms with van der Waals surface area (Å²) < 4.78 is 5.29. The van der Waals surface area contributed by atoms with Gasteiger partial charge in [-0.15, -0.1) is 0 Å². The van der Waals surface area contributed by atoms with Crippen molar-refractivity contribution in [2.24, 2.45) is 5.10 Å². The summed E-state index contributed by atoms with van der Waals surface area (Å²) in [5.74, 6) is 0.739. The first-order valence-corrected chi connectivity index (χ1v) is 12.2. The molecule has 2 N–H and O–H groups in total. The molecule has 36 heavy (non-hydrogen) atoms.